The third-order valence-corrected chi connectivity index (χ3v) is 3.35. The summed E-state index contributed by atoms with van der Waals surface area (Å²) < 4.78 is 1.40. The molecule has 7 nitrogen and oxygen atoms in total. The van der Waals surface area contributed by atoms with Gasteiger partial charge in [0.1, 0.15) is 11.4 Å². The van der Waals surface area contributed by atoms with Crippen LogP contribution in [0.25, 0.3) is 0 Å². The van der Waals surface area contributed by atoms with Crippen LogP contribution in [0.4, 0.5) is 5.82 Å². The minimum atomic E-state index is -1.08. The molecule has 1 saturated heterocycles. The predicted octanol–water partition coefficient (Wildman–Crippen LogP) is 0.365. The summed E-state index contributed by atoms with van der Waals surface area (Å²) in [6.07, 6.45) is 1.77. The van der Waals surface area contributed by atoms with E-state index in [0.717, 1.165) is 19.4 Å². The molecule has 0 aromatic carbocycles. The van der Waals surface area contributed by atoms with Crippen LogP contribution >= 0.6 is 0 Å². The van der Waals surface area contributed by atoms with E-state index < -0.39 is 5.97 Å². The number of nitrogens with zero attached hydrogens (tertiary/aromatic N) is 2. The monoisotopic (exact) mass is 266 g/mol. The molecule has 2 rings (SSSR count). The summed E-state index contributed by atoms with van der Waals surface area (Å²) in [7, 11) is 1.62. The van der Waals surface area contributed by atoms with E-state index in [0.29, 0.717) is 12.2 Å². The largest absolute Gasteiger partial charge is 0.477 e. The van der Waals surface area contributed by atoms with E-state index in [4.69, 9.17) is 5.11 Å². The Labute approximate surface area is 111 Å². The SMILES string of the molecule is Cc1nn(C)c(NC(=O)C2CCCNC2)c1C(=O)O. The Bertz CT molecular complexity index is 503. The number of rotatable bonds is 3. The molecule has 1 fully saturated rings. The number of aryl methyl sites for hydroxylation is 2. The Morgan fingerprint density at radius 2 is 2.26 bits per heavy atom. The van der Waals surface area contributed by atoms with E-state index in [1.807, 2.05) is 0 Å². The maximum atomic E-state index is 12.1. The number of nitrogens with one attached hydrogen (secondary N) is 2. The molecule has 0 saturated carbocycles. The van der Waals surface area contributed by atoms with Crippen LogP contribution < -0.4 is 10.6 Å². The summed E-state index contributed by atoms with van der Waals surface area (Å²) in [5.74, 6) is -1.11. The average molecular weight is 266 g/mol. The lowest BCUT2D eigenvalue weighted by atomic mass is 9.99. The Morgan fingerprint density at radius 1 is 1.53 bits per heavy atom. The third-order valence-electron chi connectivity index (χ3n) is 3.35. The molecular weight excluding hydrogens is 248 g/mol. The fourth-order valence-electron chi connectivity index (χ4n) is 2.35. The highest BCUT2D eigenvalue weighted by Crippen LogP contribution is 2.20. The average Bonchev–Trinajstić information content (AvgIpc) is 2.65. The van der Waals surface area contributed by atoms with E-state index in [2.05, 4.69) is 15.7 Å². The molecule has 2 heterocycles. The van der Waals surface area contributed by atoms with Gasteiger partial charge in [0.2, 0.25) is 5.91 Å². The van der Waals surface area contributed by atoms with Crippen molar-refractivity contribution in [1.29, 1.82) is 0 Å². The van der Waals surface area contributed by atoms with E-state index in [1.54, 1.807) is 14.0 Å². The van der Waals surface area contributed by atoms with Gasteiger partial charge in [-0.3, -0.25) is 9.48 Å². The van der Waals surface area contributed by atoms with Crippen molar-refractivity contribution in [3.63, 3.8) is 0 Å². The first-order valence-electron chi connectivity index (χ1n) is 6.29. The molecule has 1 atom stereocenters. The molecule has 0 aliphatic carbocycles. The molecule has 19 heavy (non-hydrogen) atoms. The smallest absolute Gasteiger partial charge is 0.341 e. The first-order chi connectivity index (χ1) is 9.00. The quantitative estimate of drug-likeness (QED) is 0.734. The Kier molecular flexibility index (Phi) is 3.84. The van der Waals surface area contributed by atoms with Crippen molar-refractivity contribution in [1.82, 2.24) is 15.1 Å². The van der Waals surface area contributed by atoms with E-state index in [9.17, 15) is 9.59 Å². The van der Waals surface area contributed by atoms with Gasteiger partial charge in [0.25, 0.3) is 0 Å². The number of carboxylic acids is 1. The van der Waals surface area contributed by atoms with Gasteiger partial charge < -0.3 is 15.7 Å². The molecule has 1 amide bonds. The van der Waals surface area contributed by atoms with Gasteiger partial charge in [0.05, 0.1) is 11.6 Å². The highest BCUT2D eigenvalue weighted by molar-refractivity contribution is 6.01. The maximum Gasteiger partial charge on any atom is 0.341 e. The first-order valence-corrected chi connectivity index (χ1v) is 6.29. The molecule has 3 N–H and O–H groups in total. The lowest BCUT2D eigenvalue weighted by Gasteiger charge is -2.22. The number of hydrogen-bond donors (Lipinski definition) is 3. The van der Waals surface area contributed by atoms with Crippen LogP contribution in [0.2, 0.25) is 0 Å². The molecular formula is C12H18N4O3. The summed E-state index contributed by atoms with van der Waals surface area (Å²) in [4.78, 5) is 23.3. The summed E-state index contributed by atoms with van der Waals surface area (Å²) in [5.41, 5.74) is 0.451. The fourth-order valence-corrected chi connectivity index (χ4v) is 2.35. The molecule has 7 heteroatoms. The second-order valence-corrected chi connectivity index (χ2v) is 4.77. The fraction of sp³-hybridized carbons (Fsp3) is 0.583. The summed E-state index contributed by atoms with van der Waals surface area (Å²) in [6.45, 7) is 3.17. The molecule has 1 aromatic heterocycles. The van der Waals surface area contributed by atoms with Gasteiger partial charge in [-0.1, -0.05) is 0 Å². The van der Waals surface area contributed by atoms with Crippen molar-refractivity contribution in [2.45, 2.75) is 19.8 Å². The number of carbonyl (C=O) groups excluding carboxylic acids is 1. The van der Waals surface area contributed by atoms with Gasteiger partial charge >= 0.3 is 5.97 Å². The summed E-state index contributed by atoms with van der Waals surface area (Å²) >= 11 is 0. The van der Waals surface area contributed by atoms with Gasteiger partial charge in [-0.05, 0) is 26.3 Å². The van der Waals surface area contributed by atoms with E-state index in [1.165, 1.54) is 4.68 Å². The van der Waals surface area contributed by atoms with Gasteiger partial charge in [0.15, 0.2) is 0 Å². The minimum absolute atomic E-state index is 0.0552. The number of aromatic nitrogens is 2. The van der Waals surface area contributed by atoms with Crippen LogP contribution in [0, 0.1) is 12.8 Å². The second kappa shape index (κ2) is 5.40. The third kappa shape index (κ3) is 2.76. The molecule has 1 unspecified atom stereocenters. The zero-order chi connectivity index (χ0) is 14.0. The molecule has 0 radical (unpaired) electrons. The van der Waals surface area contributed by atoms with Crippen LogP contribution in [-0.2, 0) is 11.8 Å². The Balaban J connectivity index is 2.18. The van der Waals surface area contributed by atoms with Gasteiger partial charge in [-0.15, -0.1) is 0 Å². The number of carbonyl (C=O) groups is 2. The highest BCUT2D eigenvalue weighted by atomic mass is 16.4. The van der Waals surface area contributed by atoms with Crippen molar-refractivity contribution in [2.75, 3.05) is 18.4 Å². The lowest BCUT2D eigenvalue weighted by molar-refractivity contribution is -0.120. The number of amides is 1. The maximum absolute atomic E-state index is 12.1. The second-order valence-electron chi connectivity index (χ2n) is 4.77. The molecule has 0 spiro atoms. The lowest BCUT2D eigenvalue weighted by Crippen LogP contribution is -2.37. The number of anilines is 1. The van der Waals surface area contributed by atoms with Crippen LogP contribution in [0.5, 0.6) is 0 Å². The van der Waals surface area contributed by atoms with Crippen molar-refractivity contribution >= 4 is 17.7 Å². The summed E-state index contributed by atoms with van der Waals surface area (Å²) in [5, 5.41) is 19.1. The predicted molar refractivity (Wildman–Crippen MR) is 69.1 cm³/mol. The zero-order valence-electron chi connectivity index (χ0n) is 11.1. The highest BCUT2D eigenvalue weighted by Gasteiger charge is 2.25. The van der Waals surface area contributed by atoms with Crippen LogP contribution in [0.1, 0.15) is 28.9 Å². The number of piperidine rings is 1. The molecule has 1 aliphatic heterocycles. The van der Waals surface area contributed by atoms with E-state index >= 15 is 0 Å². The molecule has 0 bridgehead atoms. The van der Waals surface area contributed by atoms with Crippen molar-refractivity contribution in [2.24, 2.45) is 13.0 Å². The van der Waals surface area contributed by atoms with E-state index in [-0.39, 0.29) is 23.2 Å². The van der Waals surface area contributed by atoms with Crippen molar-refractivity contribution in [3.8, 4) is 0 Å². The number of hydrogen-bond acceptors (Lipinski definition) is 4. The van der Waals surface area contributed by atoms with Gasteiger partial charge in [0, 0.05) is 13.6 Å². The van der Waals surface area contributed by atoms with Crippen LogP contribution in [0.15, 0.2) is 0 Å². The Morgan fingerprint density at radius 3 is 2.84 bits per heavy atom. The molecule has 1 aromatic rings. The minimum Gasteiger partial charge on any atom is -0.477 e. The molecule has 104 valence electrons. The standard InChI is InChI=1S/C12H18N4O3/c1-7-9(12(18)19)10(16(2)15-7)14-11(17)8-4-3-5-13-6-8/h8,13H,3-6H2,1-2H3,(H,14,17)(H,18,19). The topological polar surface area (TPSA) is 96.3 Å². The number of carboxylic acid groups (broad SMARTS) is 1. The first kappa shape index (κ1) is 13.5. The van der Waals surface area contributed by atoms with Gasteiger partial charge in [-0.25, -0.2) is 4.79 Å². The van der Waals surface area contributed by atoms with Crippen molar-refractivity contribution < 1.29 is 14.7 Å². The van der Waals surface area contributed by atoms with Gasteiger partial charge in [-0.2, -0.15) is 5.10 Å². The Hall–Kier alpha value is -1.89. The normalized spacial score (nSPS) is 19.2. The zero-order valence-corrected chi connectivity index (χ0v) is 11.1. The molecule has 1 aliphatic rings. The summed E-state index contributed by atoms with van der Waals surface area (Å²) in [6, 6.07) is 0. The van der Waals surface area contributed by atoms with Crippen LogP contribution in [0.3, 0.4) is 0 Å². The van der Waals surface area contributed by atoms with Crippen molar-refractivity contribution in [3.05, 3.63) is 11.3 Å². The number of aromatic carboxylic acids is 1. The van der Waals surface area contributed by atoms with Crippen LogP contribution in [-0.4, -0.2) is 39.9 Å².